The molecule has 5 heteroatoms. The zero-order valence-electron chi connectivity index (χ0n) is 12.2. The van der Waals surface area contributed by atoms with Crippen LogP contribution in [-0.4, -0.2) is 16.0 Å². The van der Waals surface area contributed by atoms with E-state index in [1.54, 1.807) is 12.3 Å². The van der Waals surface area contributed by atoms with E-state index < -0.39 is 0 Å². The second kappa shape index (κ2) is 6.74. The van der Waals surface area contributed by atoms with Crippen molar-refractivity contribution in [1.29, 1.82) is 0 Å². The molecule has 21 heavy (non-hydrogen) atoms. The highest BCUT2D eigenvalue weighted by Gasteiger charge is 2.03. The number of amidine groups is 1. The van der Waals surface area contributed by atoms with Crippen molar-refractivity contribution < 1.29 is 5.21 Å². The van der Waals surface area contributed by atoms with Crippen LogP contribution in [0.2, 0.25) is 0 Å². The Morgan fingerprint density at radius 1 is 1.33 bits per heavy atom. The van der Waals surface area contributed by atoms with Crippen molar-refractivity contribution in [2.75, 3.05) is 5.32 Å². The average Bonchev–Trinajstić information content (AvgIpc) is 2.52. The normalized spacial score (nSPS) is 11.7. The number of nitrogens with one attached hydrogen (secondary N) is 1. The highest BCUT2D eigenvalue weighted by molar-refractivity contribution is 5.95. The van der Waals surface area contributed by atoms with Crippen LogP contribution in [0.4, 0.5) is 5.69 Å². The van der Waals surface area contributed by atoms with Crippen molar-refractivity contribution in [1.82, 2.24) is 4.98 Å². The fourth-order valence-corrected chi connectivity index (χ4v) is 1.99. The lowest BCUT2D eigenvalue weighted by Crippen LogP contribution is -2.15. The molecule has 0 radical (unpaired) electrons. The third-order valence-electron chi connectivity index (χ3n) is 3.24. The number of rotatable bonds is 5. The molecule has 2 aromatic rings. The minimum Gasteiger partial charge on any atom is -0.409 e. The molecule has 5 nitrogen and oxygen atoms in total. The van der Waals surface area contributed by atoms with Gasteiger partial charge in [0, 0.05) is 18.4 Å². The Kier molecular flexibility index (Phi) is 4.77. The maximum Gasteiger partial charge on any atom is 0.188 e. The second-order valence-corrected chi connectivity index (χ2v) is 5.17. The van der Waals surface area contributed by atoms with Crippen LogP contribution in [0.3, 0.4) is 0 Å². The molecular formula is C16H20N4O. The summed E-state index contributed by atoms with van der Waals surface area (Å²) in [7, 11) is 0. The number of benzene rings is 1. The minimum absolute atomic E-state index is 0.0126. The van der Waals surface area contributed by atoms with Gasteiger partial charge in [0.2, 0.25) is 0 Å². The largest absolute Gasteiger partial charge is 0.409 e. The molecule has 0 fully saturated rings. The summed E-state index contributed by atoms with van der Waals surface area (Å²) in [6.45, 7) is 4.99. The number of hydrogen-bond donors (Lipinski definition) is 3. The predicted molar refractivity (Wildman–Crippen MR) is 84.6 cm³/mol. The topological polar surface area (TPSA) is 83.5 Å². The number of hydrogen-bond acceptors (Lipinski definition) is 4. The van der Waals surface area contributed by atoms with E-state index in [-0.39, 0.29) is 5.84 Å². The molecule has 0 unspecified atom stereocenters. The summed E-state index contributed by atoms with van der Waals surface area (Å²) >= 11 is 0. The summed E-state index contributed by atoms with van der Waals surface area (Å²) in [5.74, 6) is 0.512. The molecule has 0 saturated carbocycles. The lowest BCUT2D eigenvalue weighted by molar-refractivity contribution is 0.318. The Balaban J connectivity index is 2.08. The first kappa shape index (κ1) is 14.8. The van der Waals surface area contributed by atoms with Gasteiger partial charge in [-0.25, -0.2) is 0 Å². The van der Waals surface area contributed by atoms with E-state index in [4.69, 9.17) is 10.9 Å². The number of oxime groups is 1. The number of nitrogens with two attached hydrogens (primary N) is 1. The van der Waals surface area contributed by atoms with Gasteiger partial charge in [-0.2, -0.15) is 0 Å². The highest BCUT2D eigenvalue weighted by atomic mass is 16.4. The molecular weight excluding hydrogens is 264 g/mol. The maximum absolute atomic E-state index is 8.68. The van der Waals surface area contributed by atoms with Crippen LogP contribution >= 0.6 is 0 Å². The van der Waals surface area contributed by atoms with Crippen molar-refractivity contribution in [3.63, 3.8) is 0 Å². The van der Waals surface area contributed by atoms with E-state index in [2.05, 4.69) is 41.4 Å². The minimum atomic E-state index is 0.0126. The first-order chi connectivity index (χ1) is 10.1. The number of aromatic nitrogens is 1. The third kappa shape index (κ3) is 3.95. The molecule has 0 bridgehead atoms. The SMILES string of the molecule is CC(C)c1cccc(NCc2ccnc(C(N)=NO)c2)c1. The van der Waals surface area contributed by atoms with E-state index in [1.807, 2.05) is 18.2 Å². The Morgan fingerprint density at radius 3 is 2.86 bits per heavy atom. The van der Waals surface area contributed by atoms with Crippen molar-refractivity contribution in [2.45, 2.75) is 26.3 Å². The molecule has 0 aliphatic rings. The van der Waals surface area contributed by atoms with Gasteiger partial charge in [-0.05, 0) is 41.3 Å². The summed E-state index contributed by atoms with van der Waals surface area (Å²) in [6, 6.07) is 12.1. The predicted octanol–water partition coefficient (Wildman–Crippen LogP) is 2.91. The van der Waals surface area contributed by atoms with Crippen molar-refractivity contribution in [3.05, 3.63) is 59.4 Å². The second-order valence-electron chi connectivity index (χ2n) is 5.17. The Bertz CT molecular complexity index is 638. The molecule has 0 amide bonds. The molecule has 0 saturated heterocycles. The molecule has 1 heterocycles. The smallest absolute Gasteiger partial charge is 0.188 e. The summed E-state index contributed by atoms with van der Waals surface area (Å²) in [6.07, 6.45) is 1.65. The molecule has 0 aliphatic heterocycles. The molecule has 4 N–H and O–H groups in total. The molecule has 1 aromatic carbocycles. The van der Waals surface area contributed by atoms with Crippen LogP contribution in [-0.2, 0) is 6.54 Å². The quantitative estimate of drug-likeness (QED) is 0.341. The summed E-state index contributed by atoms with van der Waals surface area (Å²) in [5.41, 5.74) is 9.39. The fraction of sp³-hybridized carbons (Fsp3) is 0.250. The molecule has 0 spiro atoms. The monoisotopic (exact) mass is 284 g/mol. The Labute approximate surface area is 124 Å². The van der Waals surface area contributed by atoms with Gasteiger partial charge in [-0.15, -0.1) is 0 Å². The van der Waals surface area contributed by atoms with Crippen LogP contribution in [0.1, 0.15) is 36.6 Å². The summed E-state index contributed by atoms with van der Waals surface area (Å²) < 4.78 is 0. The average molecular weight is 284 g/mol. The van der Waals surface area contributed by atoms with E-state index >= 15 is 0 Å². The number of pyridine rings is 1. The van der Waals surface area contributed by atoms with Gasteiger partial charge in [0.15, 0.2) is 5.84 Å². The molecule has 0 atom stereocenters. The zero-order chi connectivity index (χ0) is 15.2. The van der Waals surface area contributed by atoms with Gasteiger partial charge in [0.1, 0.15) is 5.69 Å². The zero-order valence-corrected chi connectivity index (χ0v) is 12.2. The molecule has 2 rings (SSSR count). The van der Waals surface area contributed by atoms with Gasteiger partial charge in [0.05, 0.1) is 0 Å². The molecule has 110 valence electrons. The van der Waals surface area contributed by atoms with Crippen LogP contribution in [0, 0.1) is 0 Å². The van der Waals surface area contributed by atoms with E-state index in [1.165, 1.54) is 5.56 Å². The Hall–Kier alpha value is -2.56. The number of nitrogens with zero attached hydrogens (tertiary/aromatic N) is 2. The lowest BCUT2D eigenvalue weighted by atomic mass is 10.0. The first-order valence-corrected chi connectivity index (χ1v) is 6.87. The van der Waals surface area contributed by atoms with Crippen LogP contribution in [0.5, 0.6) is 0 Å². The van der Waals surface area contributed by atoms with Crippen molar-refractivity contribution in [2.24, 2.45) is 10.9 Å². The van der Waals surface area contributed by atoms with E-state index in [0.29, 0.717) is 18.2 Å². The van der Waals surface area contributed by atoms with E-state index in [9.17, 15) is 0 Å². The molecule has 1 aromatic heterocycles. The first-order valence-electron chi connectivity index (χ1n) is 6.87. The van der Waals surface area contributed by atoms with Gasteiger partial charge in [-0.1, -0.05) is 31.1 Å². The van der Waals surface area contributed by atoms with Crippen molar-refractivity contribution >= 4 is 11.5 Å². The van der Waals surface area contributed by atoms with Crippen molar-refractivity contribution in [3.8, 4) is 0 Å². The number of anilines is 1. The van der Waals surface area contributed by atoms with Crippen LogP contribution < -0.4 is 11.1 Å². The standard InChI is InChI=1S/C16H20N4O/c1-11(2)13-4-3-5-14(9-13)19-10-12-6-7-18-15(8-12)16(17)20-21/h3-9,11,19,21H,10H2,1-2H3,(H2,17,20). The van der Waals surface area contributed by atoms with Gasteiger partial charge in [0.25, 0.3) is 0 Å². The third-order valence-corrected chi connectivity index (χ3v) is 3.24. The fourth-order valence-electron chi connectivity index (χ4n) is 1.99. The van der Waals surface area contributed by atoms with Gasteiger partial charge >= 0.3 is 0 Å². The van der Waals surface area contributed by atoms with Gasteiger partial charge in [-0.3, -0.25) is 4.98 Å². The highest BCUT2D eigenvalue weighted by Crippen LogP contribution is 2.19. The van der Waals surface area contributed by atoms with E-state index in [0.717, 1.165) is 11.3 Å². The summed E-state index contributed by atoms with van der Waals surface area (Å²) in [5, 5.41) is 15.0. The Morgan fingerprint density at radius 2 is 2.14 bits per heavy atom. The lowest BCUT2D eigenvalue weighted by Gasteiger charge is -2.11. The summed E-state index contributed by atoms with van der Waals surface area (Å²) in [4.78, 5) is 4.06. The maximum atomic E-state index is 8.68. The van der Waals surface area contributed by atoms with Crippen LogP contribution in [0.25, 0.3) is 0 Å². The van der Waals surface area contributed by atoms with Gasteiger partial charge < -0.3 is 16.3 Å². The van der Waals surface area contributed by atoms with Crippen LogP contribution in [0.15, 0.2) is 47.8 Å². The molecule has 0 aliphatic carbocycles.